The van der Waals surface area contributed by atoms with E-state index in [4.69, 9.17) is 10.5 Å². The number of nitrogens with two attached hydrogens (primary N) is 1. The molecule has 0 amide bonds. The highest BCUT2D eigenvalue weighted by atomic mass is 19.1. The number of hydrogen-bond acceptors (Lipinski definition) is 4. The van der Waals surface area contributed by atoms with Gasteiger partial charge in [0, 0.05) is 31.0 Å². The molecule has 112 valence electrons. The highest BCUT2D eigenvalue weighted by Gasteiger charge is 2.18. The molecule has 2 N–H and O–H groups in total. The maximum atomic E-state index is 13.1. The standard InChI is InChI=1S/C16H20FN3O/c1-3-20(14-7-5-13(17)6-8-14)15(10-18)12-4-9-16(21-2)19-11-12/h4-9,11,15H,3,10,18H2,1-2H3. The summed E-state index contributed by atoms with van der Waals surface area (Å²) < 4.78 is 18.1. The zero-order chi connectivity index (χ0) is 15.2. The van der Waals surface area contributed by atoms with E-state index in [0.29, 0.717) is 12.4 Å². The van der Waals surface area contributed by atoms with E-state index in [1.807, 2.05) is 19.1 Å². The van der Waals surface area contributed by atoms with Gasteiger partial charge in [-0.2, -0.15) is 0 Å². The van der Waals surface area contributed by atoms with E-state index in [1.165, 1.54) is 12.1 Å². The summed E-state index contributed by atoms with van der Waals surface area (Å²) in [6.45, 7) is 3.25. The molecule has 1 atom stereocenters. The van der Waals surface area contributed by atoms with Gasteiger partial charge >= 0.3 is 0 Å². The number of nitrogens with zero attached hydrogens (tertiary/aromatic N) is 2. The molecule has 1 aromatic heterocycles. The molecule has 0 aliphatic carbocycles. The molecule has 1 heterocycles. The van der Waals surface area contributed by atoms with Crippen molar-refractivity contribution in [3.63, 3.8) is 0 Å². The first-order valence-electron chi connectivity index (χ1n) is 6.91. The minimum absolute atomic E-state index is 0.0149. The number of pyridine rings is 1. The zero-order valence-electron chi connectivity index (χ0n) is 12.3. The summed E-state index contributed by atoms with van der Waals surface area (Å²) in [5, 5.41) is 0. The number of ether oxygens (including phenoxy) is 1. The highest BCUT2D eigenvalue weighted by Crippen LogP contribution is 2.26. The molecule has 0 radical (unpaired) electrons. The molecular formula is C16H20FN3O. The van der Waals surface area contributed by atoms with Crippen molar-refractivity contribution in [2.45, 2.75) is 13.0 Å². The molecule has 0 saturated carbocycles. The van der Waals surface area contributed by atoms with Crippen molar-refractivity contribution < 1.29 is 9.13 Å². The second-order valence-electron chi connectivity index (χ2n) is 4.65. The molecular weight excluding hydrogens is 269 g/mol. The lowest BCUT2D eigenvalue weighted by Gasteiger charge is -2.32. The topological polar surface area (TPSA) is 51.4 Å². The number of likely N-dealkylation sites (N-methyl/N-ethyl adjacent to an activating group) is 1. The number of hydrogen-bond donors (Lipinski definition) is 1. The molecule has 0 fully saturated rings. The number of halogens is 1. The van der Waals surface area contributed by atoms with Crippen molar-refractivity contribution in [1.29, 1.82) is 0 Å². The zero-order valence-corrected chi connectivity index (χ0v) is 12.3. The Morgan fingerprint density at radius 2 is 1.95 bits per heavy atom. The third-order valence-corrected chi connectivity index (χ3v) is 3.45. The predicted octanol–water partition coefficient (Wildman–Crippen LogP) is 2.76. The summed E-state index contributed by atoms with van der Waals surface area (Å²) >= 11 is 0. The van der Waals surface area contributed by atoms with Gasteiger partial charge in [-0.25, -0.2) is 9.37 Å². The Morgan fingerprint density at radius 3 is 2.43 bits per heavy atom. The summed E-state index contributed by atoms with van der Waals surface area (Å²) in [5.41, 5.74) is 7.88. The third-order valence-electron chi connectivity index (χ3n) is 3.45. The van der Waals surface area contributed by atoms with Crippen LogP contribution >= 0.6 is 0 Å². The van der Waals surface area contributed by atoms with E-state index >= 15 is 0 Å². The molecule has 0 aliphatic heterocycles. The Kier molecular flexibility index (Phi) is 5.11. The maximum absolute atomic E-state index is 13.1. The lowest BCUT2D eigenvalue weighted by atomic mass is 10.1. The molecule has 0 saturated heterocycles. The van der Waals surface area contributed by atoms with Crippen LogP contribution in [-0.4, -0.2) is 25.2 Å². The van der Waals surface area contributed by atoms with Gasteiger partial charge in [-0.05, 0) is 36.8 Å². The Balaban J connectivity index is 2.29. The van der Waals surface area contributed by atoms with Gasteiger partial charge in [-0.1, -0.05) is 6.07 Å². The van der Waals surface area contributed by atoms with Crippen LogP contribution in [-0.2, 0) is 0 Å². The molecule has 0 aliphatic rings. The lowest BCUT2D eigenvalue weighted by molar-refractivity contribution is 0.397. The van der Waals surface area contributed by atoms with E-state index in [2.05, 4.69) is 9.88 Å². The number of aromatic nitrogens is 1. The largest absolute Gasteiger partial charge is 0.481 e. The van der Waals surface area contributed by atoms with Gasteiger partial charge in [-0.3, -0.25) is 0 Å². The minimum Gasteiger partial charge on any atom is -0.481 e. The molecule has 1 unspecified atom stereocenters. The fourth-order valence-corrected chi connectivity index (χ4v) is 2.37. The van der Waals surface area contributed by atoms with Crippen LogP contribution < -0.4 is 15.4 Å². The van der Waals surface area contributed by atoms with Gasteiger partial charge in [0.15, 0.2) is 0 Å². The average Bonchev–Trinajstić information content (AvgIpc) is 2.54. The summed E-state index contributed by atoms with van der Waals surface area (Å²) in [4.78, 5) is 6.35. The van der Waals surface area contributed by atoms with Crippen molar-refractivity contribution in [2.75, 3.05) is 25.1 Å². The minimum atomic E-state index is -0.245. The first-order chi connectivity index (χ1) is 10.2. The molecule has 4 nitrogen and oxygen atoms in total. The molecule has 0 bridgehead atoms. The summed E-state index contributed by atoms with van der Waals surface area (Å²) in [6, 6.07) is 10.2. The van der Waals surface area contributed by atoms with E-state index in [-0.39, 0.29) is 11.9 Å². The van der Waals surface area contributed by atoms with Crippen LogP contribution in [0.15, 0.2) is 42.6 Å². The third kappa shape index (κ3) is 3.49. The van der Waals surface area contributed by atoms with E-state index in [0.717, 1.165) is 17.8 Å². The SMILES string of the molecule is CCN(c1ccc(F)cc1)C(CN)c1ccc(OC)nc1. The average molecular weight is 289 g/mol. The second-order valence-corrected chi connectivity index (χ2v) is 4.65. The second kappa shape index (κ2) is 7.04. The Labute approximate surface area is 124 Å². The van der Waals surface area contributed by atoms with Crippen molar-refractivity contribution in [3.8, 4) is 5.88 Å². The van der Waals surface area contributed by atoms with Crippen molar-refractivity contribution in [1.82, 2.24) is 4.98 Å². The fraction of sp³-hybridized carbons (Fsp3) is 0.312. The molecule has 2 aromatic rings. The smallest absolute Gasteiger partial charge is 0.212 e. The maximum Gasteiger partial charge on any atom is 0.212 e. The fourth-order valence-electron chi connectivity index (χ4n) is 2.37. The van der Waals surface area contributed by atoms with Crippen molar-refractivity contribution in [3.05, 3.63) is 54.0 Å². The quantitative estimate of drug-likeness (QED) is 0.888. The van der Waals surface area contributed by atoms with E-state index in [1.54, 1.807) is 25.4 Å². The first-order valence-corrected chi connectivity index (χ1v) is 6.91. The van der Waals surface area contributed by atoms with Gasteiger partial charge in [0.05, 0.1) is 13.2 Å². The van der Waals surface area contributed by atoms with E-state index < -0.39 is 0 Å². The molecule has 2 rings (SSSR count). The van der Waals surface area contributed by atoms with Crippen LogP contribution in [0.4, 0.5) is 10.1 Å². The van der Waals surface area contributed by atoms with Crippen molar-refractivity contribution >= 4 is 5.69 Å². The normalized spacial score (nSPS) is 12.0. The molecule has 21 heavy (non-hydrogen) atoms. The monoisotopic (exact) mass is 289 g/mol. The van der Waals surface area contributed by atoms with Crippen LogP contribution in [0.2, 0.25) is 0 Å². The Hall–Kier alpha value is -2.14. The van der Waals surface area contributed by atoms with Crippen LogP contribution in [0.1, 0.15) is 18.5 Å². The highest BCUT2D eigenvalue weighted by molar-refractivity contribution is 5.49. The van der Waals surface area contributed by atoms with Crippen molar-refractivity contribution in [2.24, 2.45) is 5.73 Å². The summed E-state index contributed by atoms with van der Waals surface area (Å²) in [5.74, 6) is 0.324. The van der Waals surface area contributed by atoms with E-state index in [9.17, 15) is 4.39 Å². The van der Waals surface area contributed by atoms with Gasteiger partial charge in [0.2, 0.25) is 5.88 Å². The number of rotatable bonds is 6. The van der Waals surface area contributed by atoms with Crippen LogP contribution in [0, 0.1) is 5.82 Å². The molecule has 0 spiro atoms. The van der Waals surface area contributed by atoms with Crippen LogP contribution in [0.5, 0.6) is 5.88 Å². The van der Waals surface area contributed by atoms with Gasteiger partial charge in [-0.15, -0.1) is 0 Å². The number of benzene rings is 1. The van der Waals surface area contributed by atoms with Crippen LogP contribution in [0.25, 0.3) is 0 Å². The van der Waals surface area contributed by atoms with Gasteiger partial charge in [0.25, 0.3) is 0 Å². The van der Waals surface area contributed by atoms with Crippen LogP contribution in [0.3, 0.4) is 0 Å². The Bertz CT molecular complexity index is 557. The molecule has 5 heteroatoms. The first kappa shape index (κ1) is 15.3. The Morgan fingerprint density at radius 1 is 1.24 bits per heavy atom. The van der Waals surface area contributed by atoms with Gasteiger partial charge in [0.1, 0.15) is 5.82 Å². The van der Waals surface area contributed by atoms with Gasteiger partial charge < -0.3 is 15.4 Å². The molecule has 1 aromatic carbocycles. The number of methoxy groups -OCH3 is 1. The summed E-state index contributed by atoms with van der Waals surface area (Å²) in [7, 11) is 1.58. The lowest BCUT2D eigenvalue weighted by Crippen LogP contribution is -2.33. The summed E-state index contributed by atoms with van der Waals surface area (Å²) in [6.07, 6.45) is 1.77. The predicted molar refractivity (Wildman–Crippen MR) is 82.0 cm³/mol. The number of anilines is 1.